The first-order valence-corrected chi connectivity index (χ1v) is 23.0. The smallest absolute Gasteiger partial charge is 0.282 e. The molecule has 0 aromatic heterocycles. The molecule has 0 spiro atoms. The molecular formula is C44H82O3S. The summed E-state index contributed by atoms with van der Waals surface area (Å²) >= 11 is 0. The van der Waals surface area contributed by atoms with Crippen molar-refractivity contribution >= 4 is 10.1 Å². The maximum atomic E-state index is 11.3. The molecule has 0 heterocycles. The summed E-state index contributed by atoms with van der Waals surface area (Å²) in [5, 5.41) is 0. The highest BCUT2D eigenvalue weighted by Gasteiger charge is 2.09. The number of hydrogen-bond donors (Lipinski definition) is 1. The van der Waals surface area contributed by atoms with Crippen molar-refractivity contribution in [3.05, 3.63) is 29.8 Å². The third-order valence-electron chi connectivity index (χ3n) is 10.5. The van der Waals surface area contributed by atoms with E-state index in [0.29, 0.717) is 0 Å². The lowest BCUT2D eigenvalue weighted by Gasteiger charge is -2.05. The fraction of sp³-hybridized carbons (Fsp3) is 0.864. The second-order valence-electron chi connectivity index (χ2n) is 15.2. The summed E-state index contributed by atoms with van der Waals surface area (Å²) < 4.78 is 31.7. The van der Waals surface area contributed by atoms with E-state index >= 15 is 0 Å². The van der Waals surface area contributed by atoms with E-state index in [9.17, 15) is 13.0 Å². The molecule has 0 atom stereocenters. The van der Waals surface area contributed by atoms with Crippen LogP contribution in [0.25, 0.3) is 0 Å². The van der Waals surface area contributed by atoms with Gasteiger partial charge in [-0.2, -0.15) is 8.42 Å². The van der Waals surface area contributed by atoms with E-state index in [1.54, 1.807) is 12.1 Å². The van der Waals surface area contributed by atoms with E-state index in [-0.39, 0.29) is 4.90 Å². The monoisotopic (exact) mass is 691 g/mol. The van der Waals surface area contributed by atoms with Gasteiger partial charge in [0, 0.05) is 0 Å². The molecule has 0 bridgehead atoms. The SMILES string of the molecule is CCCCCCCCCCCCCCCCCCCCCCCCCCCCCCCCCCCCCCc1cccc(S(=O)(=O)O)c1. The normalized spacial score (nSPS) is 11.9. The van der Waals surface area contributed by atoms with Crippen LogP contribution in [0.2, 0.25) is 0 Å². The summed E-state index contributed by atoms with van der Waals surface area (Å²) in [6.07, 6.45) is 52.1. The van der Waals surface area contributed by atoms with Crippen LogP contribution in [0.15, 0.2) is 29.2 Å². The Hall–Kier alpha value is -0.870. The molecule has 0 aliphatic rings. The quantitative estimate of drug-likeness (QED) is 0.0555. The molecule has 1 rings (SSSR count). The van der Waals surface area contributed by atoms with Gasteiger partial charge in [0.25, 0.3) is 10.1 Å². The highest BCUT2D eigenvalue weighted by atomic mass is 32.2. The zero-order valence-corrected chi connectivity index (χ0v) is 33.0. The molecule has 0 radical (unpaired) electrons. The minimum Gasteiger partial charge on any atom is -0.282 e. The van der Waals surface area contributed by atoms with E-state index < -0.39 is 10.1 Å². The van der Waals surface area contributed by atoms with Crippen LogP contribution in [0.5, 0.6) is 0 Å². The fourth-order valence-corrected chi connectivity index (χ4v) is 7.83. The van der Waals surface area contributed by atoms with Crippen molar-refractivity contribution in [2.24, 2.45) is 0 Å². The predicted molar refractivity (Wildman–Crippen MR) is 212 cm³/mol. The Bertz CT molecular complexity index is 896. The molecule has 282 valence electrons. The summed E-state index contributed by atoms with van der Waals surface area (Å²) in [5.74, 6) is 0. The Labute approximate surface area is 301 Å². The number of unbranched alkanes of at least 4 members (excludes halogenated alkanes) is 35. The molecule has 0 aliphatic heterocycles. The first-order valence-electron chi connectivity index (χ1n) is 21.6. The highest BCUT2D eigenvalue weighted by molar-refractivity contribution is 7.85. The molecule has 0 unspecified atom stereocenters. The van der Waals surface area contributed by atoms with E-state index in [1.807, 2.05) is 6.07 Å². The first kappa shape index (κ1) is 45.2. The third kappa shape index (κ3) is 31.1. The Morgan fingerprint density at radius 2 is 0.646 bits per heavy atom. The molecule has 0 aliphatic carbocycles. The van der Waals surface area contributed by atoms with Crippen LogP contribution in [0.1, 0.15) is 244 Å². The van der Waals surface area contributed by atoms with Gasteiger partial charge in [0.15, 0.2) is 0 Å². The summed E-state index contributed by atoms with van der Waals surface area (Å²) in [6, 6.07) is 6.70. The standard InChI is InChI=1S/C44H82O3S/c1-2-3-4-5-6-7-8-9-10-11-12-13-14-15-16-17-18-19-20-21-22-23-24-25-26-27-28-29-30-31-32-33-34-35-36-37-39-43-40-38-41-44(42-43)48(45,46)47/h38,40-42H,2-37,39H2,1H3,(H,45,46,47). The predicted octanol–water partition coefficient (Wildman–Crippen LogP) is 15.5. The largest absolute Gasteiger partial charge is 0.294 e. The molecule has 0 saturated carbocycles. The minimum absolute atomic E-state index is 0.00595. The zero-order valence-electron chi connectivity index (χ0n) is 32.1. The average molecular weight is 691 g/mol. The van der Waals surface area contributed by atoms with Crippen LogP contribution in [0, 0.1) is 0 Å². The lowest BCUT2D eigenvalue weighted by molar-refractivity contribution is 0.483. The van der Waals surface area contributed by atoms with Gasteiger partial charge in [0.05, 0.1) is 4.90 Å². The van der Waals surface area contributed by atoms with Crippen LogP contribution in [0.3, 0.4) is 0 Å². The molecule has 1 N–H and O–H groups in total. The van der Waals surface area contributed by atoms with Crippen molar-refractivity contribution in [3.8, 4) is 0 Å². The average Bonchev–Trinajstić information content (AvgIpc) is 3.08. The fourth-order valence-electron chi connectivity index (χ4n) is 7.27. The Morgan fingerprint density at radius 1 is 0.396 bits per heavy atom. The van der Waals surface area contributed by atoms with Gasteiger partial charge in [-0.15, -0.1) is 0 Å². The van der Waals surface area contributed by atoms with Crippen LogP contribution in [-0.4, -0.2) is 13.0 Å². The van der Waals surface area contributed by atoms with Crippen molar-refractivity contribution in [2.75, 3.05) is 0 Å². The van der Waals surface area contributed by atoms with Crippen LogP contribution < -0.4 is 0 Å². The van der Waals surface area contributed by atoms with Crippen molar-refractivity contribution < 1.29 is 13.0 Å². The van der Waals surface area contributed by atoms with Gasteiger partial charge in [0.1, 0.15) is 0 Å². The highest BCUT2D eigenvalue weighted by Crippen LogP contribution is 2.18. The van der Waals surface area contributed by atoms with Gasteiger partial charge in [-0.1, -0.05) is 244 Å². The minimum atomic E-state index is -4.10. The zero-order chi connectivity index (χ0) is 34.6. The number of rotatable bonds is 38. The van der Waals surface area contributed by atoms with Gasteiger partial charge in [-0.05, 0) is 30.5 Å². The molecule has 0 amide bonds. The topological polar surface area (TPSA) is 54.4 Å². The van der Waals surface area contributed by atoms with Crippen LogP contribution >= 0.6 is 0 Å². The first-order chi connectivity index (χ1) is 23.5. The summed E-state index contributed by atoms with van der Waals surface area (Å²) in [5.41, 5.74) is 0.992. The van der Waals surface area contributed by atoms with Gasteiger partial charge < -0.3 is 0 Å². The third-order valence-corrected chi connectivity index (χ3v) is 11.4. The second kappa shape index (κ2) is 34.6. The second-order valence-corrected chi connectivity index (χ2v) is 16.7. The number of benzene rings is 1. The van der Waals surface area contributed by atoms with Crippen molar-refractivity contribution in [2.45, 2.75) is 249 Å². The summed E-state index contributed by atoms with van der Waals surface area (Å²) in [7, 11) is -4.10. The lowest BCUT2D eigenvalue weighted by atomic mass is 10.0. The molecular weight excluding hydrogens is 609 g/mol. The number of hydrogen-bond acceptors (Lipinski definition) is 2. The van der Waals surface area contributed by atoms with Crippen molar-refractivity contribution in [3.63, 3.8) is 0 Å². The Morgan fingerprint density at radius 3 is 0.896 bits per heavy atom. The van der Waals surface area contributed by atoms with Crippen LogP contribution in [-0.2, 0) is 16.5 Å². The van der Waals surface area contributed by atoms with Gasteiger partial charge in [-0.25, -0.2) is 0 Å². The summed E-state index contributed by atoms with van der Waals surface area (Å²) in [6.45, 7) is 2.30. The van der Waals surface area contributed by atoms with Crippen LogP contribution in [0.4, 0.5) is 0 Å². The molecule has 0 fully saturated rings. The van der Waals surface area contributed by atoms with E-state index in [0.717, 1.165) is 18.4 Å². The molecule has 48 heavy (non-hydrogen) atoms. The maximum absolute atomic E-state index is 11.3. The molecule has 1 aromatic rings. The Kier molecular flexibility index (Phi) is 32.5. The van der Waals surface area contributed by atoms with Gasteiger partial charge >= 0.3 is 0 Å². The molecule has 4 heteroatoms. The Balaban J connectivity index is 1.67. The molecule has 1 aromatic carbocycles. The number of aryl methyl sites for hydroxylation is 1. The maximum Gasteiger partial charge on any atom is 0.294 e. The van der Waals surface area contributed by atoms with Crippen molar-refractivity contribution in [1.82, 2.24) is 0 Å². The lowest BCUT2D eigenvalue weighted by Crippen LogP contribution is -1.98. The van der Waals surface area contributed by atoms with E-state index in [2.05, 4.69) is 6.92 Å². The summed E-state index contributed by atoms with van der Waals surface area (Å²) in [4.78, 5) is 0.00595. The van der Waals surface area contributed by atoms with E-state index in [4.69, 9.17) is 0 Å². The van der Waals surface area contributed by atoms with E-state index in [1.165, 1.54) is 231 Å². The van der Waals surface area contributed by atoms with Gasteiger partial charge in [-0.3, -0.25) is 4.55 Å². The molecule has 0 saturated heterocycles. The van der Waals surface area contributed by atoms with Gasteiger partial charge in [0.2, 0.25) is 0 Å². The van der Waals surface area contributed by atoms with Crippen molar-refractivity contribution in [1.29, 1.82) is 0 Å². The molecule has 3 nitrogen and oxygen atoms in total.